The molecular formula is C35H27N5O4. The van der Waals surface area contributed by atoms with E-state index in [1.165, 1.54) is 0 Å². The average Bonchev–Trinajstić information content (AvgIpc) is 3.64. The largest absolute Gasteiger partial charge is 0.497 e. The minimum atomic E-state index is -0.369. The van der Waals surface area contributed by atoms with Crippen molar-refractivity contribution in [1.29, 1.82) is 0 Å². The minimum Gasteiger partial charge on any atom is -0.497 e. The summed E-state index contributed by atoms with van der Waals surface area (Å²) in [7, 11) is 1.65. The Balaban J connectivity index is 1.23. The summed E-state index contributed by atoms with van der Waals surface area (Å²) in [4.78, 5) is 15.6. The lowest BCUT2D eigenvalue weighted by Gasteiger charge is -2.11. The highest BCUT2D eigenvalue weighted by molar-refractivity contribution is 6.09. The third kappa shape index (κ3) is 4.70. The van der Waals surface area contributed by atoms with Crippen LogP contribution in [0.25, 0.3) is 44.4 Å². The van der Waals surface area contributed by atoms with E-state index < -0.39 is 0 Å². The summed E-state index contributed by atoms with van der Waals surface area (Å²) in [5.74, 6) is 2.82. The molecule has 0 unspecified atom stereocenters. The molecule has 3 aromatic heterocycles. The Kier molecular flexibility index (Phi) is 6.55. The molecule has 7 aromatic rings. The van der Waals surface area contributed by atoms with E-state index in [-0.39, 0.29) is 10.6 Å². The molecule has 3 heterocycles. The van der Waals surface area contributed by atoms with E-state index in [0.29, 0.717) is 11.5 Å². The van der Waals surface area contributed by atoms with Gasteiger partial charge in [-0.15, -0.1) is 0 Å². The van der Waals surface area contributed by atoms with E-state index in [0.717, 1.165) is 61.3 Å². The van der Waals surface area contributed by atoms with Gasteiger partial charge in [-0.1, -0.05) is 24.3 Å². The van der Waals surface area contributed by atoms with Crippen LogP contribution in [0, 0.1) is 24.0 Å². The SMILES string of the molecule is COc1ccnc(-n2c3ccccc3c3ccc(Oc4cccc(-n5cc(-c6c(C)cc([N+](=O)[O-])cc6C)cn5)c4)cc32)c1. The number of hydrogen-bond acceptors (Lipinski definition) is 6. The maximum Gasteiger partial charge on any atom is 0.269 e. The first-order valence-electron chi connectivity index (χ1n) is 14.0. The predicted molar refractivity (Wildman–Crippen MR) is 170 cm³/mol. The van der Waals surface area contributed by atoms with Crippen LogP contribution in [0.15, 0.2) is 110 Å². The molecule has 0 N–H and O–H groups in total. The summed E-state index contributed by atoms with van der Waals surface area (Å²) in [6, 6.07) is 28.9. The summed E-state index contributed by atoms with van der Waals surface area (Å²) in [5.41, 5.74) is 6.37. The molecule has 0 aliphatic rings. The molecule has 0 bridgehead atoms. The second kappa shape index (κ2) is 10.7. The van der Waals surface area contributed by atoms with Crippen molar-refractivity contribution in [2.24, 2.45) is 0 Å². The van der Waals surface area contributed by atoms with Gasteiger partial charge in [-0.25, -0.2) is 9.67 Å². The molecule has 0 saturated carbocycles. The quantitative estimate of drug-likeness (QED) is 0.139. The third-order valence-electron chi connectivity index (χ3n) is 7.74. The number of aryl methyl sites for hydroxylation is 2. The average molecular weight is 582 g/mol. The number of hydrogen-bond donors (Lipinski definition) is 0. The van der Waals surface area contributed by atoms with E-state index in [1.807, 2.05) is 80.7 Å². The summed E-state index contributed by atoms with van der Waals surface area (Å²) in [5, 5.41) is 18.1. The number of nitrogens with zero attached hydrogens (tertiary/aromatic N) is 5. The van der Waals surface area contributed by atoms with Crippen molar-refractivity contribution in [3.8, 4) is 39.9 Å². The van der Waals surface area contributed by atoms with Crippen LogP contribution in [0.5, 0.6) is 17.2 Å². The molecular weight excluding hydrogens is 554 g/mol. The monoisotopic (exact) mass is 581 g/mol. The van der Waals surface area contributed by atoms with E-state index in [1.54, 1.807) is 36.3 Å². The Morgan fingerprint density at radius 2 is 1.57 bits per heavy atom. The Morgan fingerprint density at radius 3 is 2.36 bits per heavy atom. The van der Waals surface area contributed by atoms with Gasteiger partial charge in [0.1, 0.15) is 23.1 Å². The van der Waals surface area contributed by atoms with Gasteiger partial charge in [-0.3, -0.25) is 14.7 Å². The smallest absolute Gasteiger partial charge is 0.269 e. The maximum atomic E-state index is 11.3. The van der Waals surface area contributed by atoms with Gasteiger partial charge in [0, 0.05) is 59.1 Å². The van der Waals surface area contributed by atoms with Crippen LogP contribution in [0.4, 0.5) is 5.69 Å². The number of para-hydroxylation sites is 1. The van der Waals surface area contributed by atoms with Crippen LogP contribution in [-0.4, -0.2) is 31.4 Å². The van der Waals surface area contributed by atoms with Crippen molar-refractivity contribution in [2.75, 3.05) is 7.11 Å². The number of nitro groups is 1. The Bertz CT molecular complexity index is 2190. The van der Waals surface area contributed by atoms with E-state index >= 15 is 0 Å². The van der Waals surface area contributed by atoms with Gasteiger partial charge in [0.2, 0.25) is 0 Å². The van der Waals surface area contributed by atoms with Crippen LogP contribution in [-0.2, 0) is 0 Å². The summed E-state index contributed by atoms with van der Waals surface area (Å²) < 4.78 is 15.7. The zero-order valence-electron chi connectivity index (χ0n) is 24.3. The summed E-state index contributed by atoms with van der Waals surface area (Å²) in [6.07, 6.45) is 5.44. The van der Waals surface area contributed by atoms with Crippen molar-refractivity contribution in [3.63, 3.8) is 0 Å². The predicted octanol–water partition coefficient (Wildman–Crippen LogP) is 8.36. The highest BCUT2D eigenvalue weighted by Crippen LogP contribution is 2.36. The van der Waals surface area contributed by atoms with Gasteiger partial charge < -0.3 is 9.47 Å². The van der Waals surface area contributed by atoms with Crippen LogP contribution >= 0.6 is 0 Å². The van der Waals surface area contributed by atoms with Gasteiger partial charge in [0.15, 0.2) is 0 Å². The van der Waals surface area contributed by atoms with Crippen LogP contribution in [0.3, 0.4) is 0 Å². The highest BCUT2D eigenvalue weighted by atomic mass is 16.6. The number of ether oxygens (including phenoxy) is 2. The van der Waals surface area contributed by atoms with Crippen molar-refractivity contribution in [1.82, 2.24) is 19.3 Å². The van der Waals surface area contributed by atoms with Crippen molar-refractivity contribution >= 4 is 27.5 Å². The van der Waals surface area contributed by atoms with Crippen LogP contribution in [0.1, 0.15) is 11.1 Å². The van der Waals surface area contributed by atoms with Crippen molar-refractivity contribution in [2.45, 2.75) is 13.8 Å². The number of non-ortho nitro benzene ring substituents is 1. The number of nitro benzene ring substituents is 1. The number of fused-ring (bicyclic) bond motifs is 3. The molecule has 0 saturated heterocycles. The van der Waals surface area contributed by atoms with Crippen molar-refractivity contribution in [3.05, 3.63) is 131 Å². The highest BCUT2D eigenvalue weighted by Gasteiger charge is 2.17. The lowest BCUT2D eigenvalue weighted by Crippen LogP contribution is -1.98. The molecule has 9 nitrogen and oxygen atoms in total. The number of aromatic nitrogens is 4. The fraction of sp³-hybridized carbons (Fsp3) is 0.0857. The zero-order chi connectivity index (χ0) is 30.4. The third-order valence-corrected chi connectivity index (χ3v) is 7.74. The Labute approximate surface area is 252 Å². The zero-order valence-corrected chi connectivity index (χ0v) is 24.3. The van der Waals surface area contributed by atoms with Gasteiger partial charge in [0.25, 0.3) is 5.69 Å². The maximum absolute atomic E-state index is 11.3. The first-order valence-corrected chi connectivity index (χ1v) is 14.0. The van der Waals surface area contributed by atoms with E-state index in [4.69, 9.17) is 9.47 Å². The van der Waals surface area contributed by atoms with Gasteiger partial charge in [0.05, 0.1) is 35.0 Å². The number of rotatable bonds is 7. The second-order valence-corrected chi connectivity index (χ2v) is 10.6. The Morgan fingerprint density at radius 1 is 0.795 bits per heavy atom. The second-order valence-electron chi connectivity index (χ2n) is 10.6. The minimum absolute atomic E-state index is 0.0827. The topological polar surface area (TPSA) is 97.2 Å². The summed E-state index contributed by atoms with van der Waals surface area (Å²) >= 11 is 0. The fourth-order valence-corrected chi connectivity index (χ4v) is 5.83. The van der Waals surface area contributed by atoms with Crippen molar-refractivity contribution < 1.29 is 14.4 Å². The van der Waals surface area contributed by atoms with E-state index in [2.05, 4.69) is 32.8 Å². The van der Waals surface area contributed by atoms with Gasteiger partial charge in [-0.05, 0) is 66.9 Å². The van der Waals surface area contributed by atoms with Gasteiger partial charge >= 0.3 is 0 Å². The molecule has 0 atom stereocenters. The van der Waals surface area contributed by atoms with E-state index in [9.17, 15) is 10.1 Å². The molecule has 0 spiro atoms. The van der Waals surface area contributed by atoms with Crippen LogP contribution < -0.4 is 9.47 Å². The fourth-order valence-electron chi connectivity index (χ4n) is 5.83. The normalized spacial score (nSPS) is 11.2. The standard InChI is InChI=1S/C35H27N5O4/c1-22-15-26(40(41)42)16-23(2)35(22)24-20-37-38(21-24)25-7-6-8-28(17-25)44-29-11-12-31-30-9-4-5-10-32(30)39(33(31)18-29)34-19-27(43-3)13-14-36-34/h4-21H,1-3H3. The molecule has 44 heavy (non-hydrogen) atoms. The molecule has 0 aliphatic carbocycles. The number of methoxy groups -OCH3 is 1. The van der Waals surface area contributed by atoms with Crippen LogP contribution in [0.2, 0.25) is 0 Å². The number of pyridine rings is 1. The summed E-state index contributed by atoms with van der Waals surface area (Å²) in [6.45, 7) is 3.75. The Hall–Kier alpha value is -5.96. The van der Waals surface area contributed by atoms with Gasteiger partial charge in [-0.2, -0.15) is 5.10 Å². The molecule has 7 rings (SSSR count). The molecule has 0 amide bonds. The number of benzene rings is 4. The molecule has 216 valence electrons. The molecule has 0 radical (unpaired) electrons. The first-order chi connectivity index (χ1) is 21.4. The lowest BCUT2D eigenvalue weighted by molar-refractivity contribution is -0.384. The lowest BCUT2D eigenvalue weighted by atomic mass is 9.97. The molecule has 9 heteroatoms. The molecule has 0 fully saturated rings. The first kappa shape index (κ1) is 26.9. The molecule has 4 aromatic carbocycles. The molecule has 0 aliphatic heterocycles.